The standard InChI is InChI=1S/C15H23ClN2/c1-12(2)14-4-3-13(11-15(14)16)5-8-18-9-6-17-7-10-18/h3-4,11-12,17H,5-10H2,1-2H3. The summed E-state index contributed by atoms with van der Waals surface area (Å²) in [6, 6.07) is 6.54. The van der Waals surface area contributed by atoms with Gasteiger partial charge in [-0.1, -0.05) is 37.6 Å². The molecule has 1 heterocycles. The van der Waals surface area contributed by atoms with Crippen LogP contribution in [0.5, 0.6) is 0 Å². The largest absolute Gasteiger partial charge is 0.314 e. The van der Waals surface area contributed by atoms with Crippen molar-refractivity contribution in [2.24, 2.45) is 0 Å². The molecule has 0 unspecified atom stereocenters. The van der Waals surface area contributed by atoms with Crippen molar-refractivity contribution in [2.75, 3.05) is 32.7 Å². The Balaban J connectivity index is 1.91. The first-order valence-corrected chi connectivity index (χ1v) is 7.26. The summed E-state index contributed by atoms with van der Waals surface area (Å²) in [5, 5.41) is 4.30. The lowest BCUT2D eigenvalue weighted by Gasteiger charge is -2.27. The zero-order chi connectivity index (χ0) is 13.0. The van der Waals surface area contributed by atoms with Gasteiger partial charge in [0.15, 0.2) is 0 Å². The second kappa shape index (κ2) is 6.55. The number of piperazine rings is 1. The molecule has 1 N–H and O–H groups in total. The van der Waals surface area contributed by atoms with Gasteiger partial charge < -0.3 is 10.2 Å². The number of rotatable bonds is 4. The highest BCUT2D eigenvalue weighted by atomic mass is 35.5. The van der Waals surface area contributed by atoms with Crippen LogP contribution in [0.4, 0.5) is 0 Å². The second-order valence-corrected chi connectivity index (χ2v) is 5.76. The van der Waals surface area contributed by atoms with Crippen LogP contribution in [0.2, 0.25) is 5.02 Å². The van der Waals surface area contributed by atoms with Crippen molar-refractivity contribution in [1.29, 1.82) is 0 Å². The molecule has 1 saturated heterocycles. The fourth-order valence-electron chi connectivity index (χ4n) is 2.42. The summed E-state index contributed by atoms with van der Waals surface area (Å²) in [4.78, 5) is 2.51. The Labute approximate surface area is 115 Å². The van der Waals surface area contributed by atoms with E-state index in [0.717, 1.165) is 44.2 Å². The molecular weight excluding hydrogens is 244 g/mol. The normalized spacial score (nSPS) is 17.3. The lowest BCUT2D eigenvalue weighted by molar-refractivity contribution is 0.244. The molecule has 0 bridgehead atoms. The Morgan fingerprint density at radius 2 is 2.00 bits per heavy atom. The van der Waals surface area contributed by atoms with Crippen LogP contribution in [0.15, 0.2) is 18.2 Å². The minimum absolute atomic E-state index is 0.500. The van der Waals surface area contributed by atoms with Gasteiger partial charge in [0, 0.05) is 37.7 Å². The maximum absolute atomic E-state index is 6.32. The SMILES string of the molecule is CC(C)c1ccc(CCN2CCNCC2)cc1Cl. The van der Waals surface area contributed by atoms with E-state index in [4.69, 9.17) is 11.6 Å². The number of nitrogens with one attached hydrogen (secondary N) is 1. The van der Waals surface area contributed by atoms with E-state index in [0.29, 0.717) is 5.92 Å². The molecule has 0 radical (unpaired) electrons. The highest BCUT2D eigenvalue weighted by molar-refractivity contribution is 6.31. The summed E-state index contributed by atoms with van der Waals surface area (Å²) in [6.45, 7) is 10.1. The van der Waals surface area contributed by atoms with Crippen molar-refractivity contribution >= 4 is 11.6 Å². The van der Waals surface area contributed by atoms with Crippen LogP contribution in [0.1, 0.15) is 30.9 Å². The predicted molar refractivity (Wildman–Crippen MR) is 78.6 cm³/mol. The van der Waals surface area contributed by atoms with Crippen molar-refractivity contribution in [3.05, 3.63) is 34.3 Å². The summed E-state index contributed by atoms with van der Waals surface area (Å²) in [7, 11) is 0. The van der Waals surface area contributed by atoms with E-state index in [9.17, 15) is 0 Å². The van der Waals surface area contributed by atoms with Gasteiger partial charge in [-0.2, -0.15) is 0 Å². The zero-order valence-electron chi connectivity index (χ0n) is 11.4. The summed E-state index contributed by atoms with van der Waals surface area (Å²) in [5.74, 6) is 0.500. The van der Waals surface area contributed by atoms with E-state index in [-0.39, 0.29) is 0 Å². The van der Waals surface area contributed by atoms with Crippen molar-refractivity contribution < 1.29 is 0 Å². The minimum Gasteiger partial charge on any atom is -0.314 e. The van der Waals surface area contributed by atoms with Crippen LogP contribution in [0.25, 0.3) is 0 Å². The lowest BCUT2D eigenvalue weighted by atomic mass is 10.0. The highest BCUT2D eigenvalue weighted by Crippen LogP contribution is 2.25. The van der Waals surface area contributed by atoms with Crippen molar-refractivity contribution in [3.8, 4) is 0 Å². The summed E-state index contributed by atoms with van der Waals surface area (Å²) in [6.07, 6.45) is 1.10. The van der Waals surface area contributed by atoms with E-state index >= 15 is 0 Å². The third-order valence-corrected chi connectivity index (χ3v) is 3.94. The van der Waals surface area contributed by atoms with Gasteiger partial charge >= 0.3 is 0 Å². The third-order valence-electron chi connectivity index (χ3n) is 3.61. The molecule has 0 aliphatic carbocycles. The Bertz CT molecular complexity index is 384. The third kappa shape index (κ3) is 3.71. The quantitative estimate of drug-likeness (QED) is 0.902. The minimum atomic E-state index is 0.500. The van der Waals surface area contributed by atoms with E-state index in [1.807, 2.05) is 0 Å². The molecule has 1 aliphatic rings. The molecule has 1 aromatic rings. The molecular formula is C15H23ClN2. The molecule has 1 fully saturated rings. The van der Waals surface area contributed by atoms with Gasteiger partial charge in [-0.15, -0.1) is 0 Å². The summed E-state index contributed by atoms with van der Waals surface area (Å²) >= 11 is 6.32. The molecule has 18 heavy (non-hydrogen) atoms. The fraction of sp³-hybridized carbons (Fsp3) is 0.600. The van der Waals surface area contributed by atoms with Gasteiger partial charge in [0.25, 0.3) is 0 Å². The predicted octanol–water partition coefficient (Wildman–Crippen LogP) is 2.91. The van der Waals surface area contributed by atoms with E-state index in [2.05, 4.69) is 42.3 Å². The van der Waals surface area contributed by atoms with E-state index < -0.39 is 0 Å². The Morgan fingerprint density at radius 3 is 2.61 bits per heavy atom. The lowest BCUT2D eigenvalue weighted by Crippen LogP contribution is -2.44. The smallest absolute Gasteiger partial charge is 0.0443 e. The molecule has 0 amide bonds. The molecule has 0 saturated carbocycles. The molecule has 1 aromatic carbocycles. The summed E-state index contributed by atoms with van der Waals surface area (Å²) < 4.78 is 0. The molecule has 1 aliphatic heterocycles. The average Bonchev–Trinajstić information content (AvgIpc) is 2.37. The molecule has 0 spiro atoms. The fourth-order valence-corrected chi connectivity index (χ4v) is 2.84. The zero-order valence-corrected chi connectivity index (χ0v) is 12.1. The molecule has 2 rings (SSSR count). The van der Waals surface area contributed by atoms with E-state index in [1.165, 1.54) is 11.1 Å². The molecule has 0 aromatic heterocycles. The number of hydrogen-bond donors (Lipinski definition) is 1. The average molecular weight is 267 g/mol. The summed E-state index contributed by atoms with van der Waals surface area (Å²) in [5.41, 5.74) is 2.60. The molecule has 2 nitrogen and oxygen atoms in total. The first kappa shape index (κ1) is 13.9. The van der Waals surface area contributed by atoms with Gasteiger partial charge in [0.1, 0.15) is 0 Å². The van der Waals surface area contributed by atoms with Gasteiger partial charge in [0.05, 0.1) is 0 Å². The van der Waals surface area contributed by atoms with Gasteiger partial charge in [-0.3, -0.25) is 0 Å². The number of hydrogen-bond acceptors (Lipinski definition) is 2. The van der Waals surface area contributed by atoms with Crippen molar-refractivity contribution in [1.82, 2.24) is 10.2 Å². The number of benzene rings is 1. The first-order valence-electron chi connectivity index (χ1n) is 6.88. The van der Waals surface area contributed by atoms with Crippen LogP contribution in [0.3, 0.4) is 0 Å². The van der Waals surface area contributed by atoms with Crippen LogP contribution in [-0.2, 0) is 6.42 Å². The Hall–Kier alpha value is -0.570. The van der Waals surface area contributed by atoms with Gasteiger partial charge in [-0.25, -0.2) is 0 Å². The topological polar surface area (TPSA) is 15.3 Å². The van der Waals surface area contributed by atoms with Crippen LogP contribution < -0.4 is 5.32 Å². The first-order chi connectivity index (χ1) is 8.66. The maximum atomic E-state index is 6.32. The number of nitrogens with zero attached hydrogens (tertiary/aromatic N) is 1. The van der Waals surface area contributed by atoms with E-state index in [1.54, 1.807) is 0 Å². The molecule has 0 atom stereocenters. The second-order valence-electron chi connectivity index (χ2n) is 5.35. The number of halogens is 1. The van der Waals surface area contributed by atoms with Crippen LogP contribution >= 0.6 is 11.6 Å². The van der Waals surface area contributed by atoms with Crippen LogP contribution in [0, 0.1) is 0 Å². The molecule has 3 heteroatoms. The van der Waals surface area contributed by atoms with Crippen molar-refractivity contribution in [3.63, 3.8) is 0 Å². The van der Waals surface area contributed by atoms with Crippen molar-refractivity contribution in [2.45, 2.75) is 26.2 Å². The Morgan fingerprint density at radius 1 is 1.28 bits per heavy atom. The van der Waals surface area contributed by atoms with Gasteiger partial charge in [0.2, 0.25) is 0 Å². The Kier molecular flexibility index (Phi) is 5.04. The monoisotopic (exact) mass is 266 g/mol. The van der Waals surface area contributed by atoms with Crippen LogP contribution in [-0.4, -0.2) is 37.6 Å². The van der Waals surface area contributed by atoms with Gasteiger partial charge in [-0.05, 0) is 29.5 Å². The highest BCUT2D eigenvalue weighted by Gasteiger charge is 2.10. The maximum Gasteiger partial charge on any atom is 0.0443 e. The molecule has 100 valence electrons.